The highest BCUT2D eigenvalue weighted by molar-refractivity contribution is 6.11. The van der Waals surface area contributed by atoms with E-state index in [9.17, 15) is 9.59 Å². The Labute approximate surface area is 174 Å². The van der Waals surface area contributed by atoms with Gasteiger partial charge in [-0.05, 0) is 49.2 Å². The van der Waals surface area contributed by atoms with Gasteiger partial charge in [-0.25, -0.2) is 4.98 Å². The molecule has 0 aliphatic heterocycles. The third-order valence-corrected chi connectivity index (χ3v) is 5.26. The lowest BCUT2D eigenvalue weighted by Crippen LogP contribution is -2.21. The van der Waals surface area contributed by atoms with E-state index in [0.29, 0.717) is 28.9 Å². The lowest BCUT2D eigenvalue weighted by Gasteiger charge is -2.15. The van der Waals surface area contributed by atoms with Gasteiger partial charge in [-0.1, -0.05) is 36.4 Å². The van der Waals surface area contributed by atoms with Crippen LogP contribution in [0.2, 0.25) is 0 Å². The number of para-hydroxylation sites is 1. The molecule has 30 heavy (non-hydrogen) atoms. The number of ether oxygens (including phenoxy) is 1. The van der Waals surface area contributed by atoms with Crippen LogP contribution in [0.3, 0.4) is 0 Å². The van der Waals surface area contributed by atoms with E-state index in [1.165, 1.54) is 7.11 Å². The largest absolute Gasteiger partial charge is 0.496 e. The lowest BCUT2D eigenvalue weighted by molar-refractivity contribution is 0.103. The molecule has 2 heterocycles. The van der Waals surface area contributed by atoms with Crippen LogP contribution in [0.1, 0.15) is 32.7 Å². The van der Waals surface area contributed by atoms with Crippen LogP contribution in [-0.4, -0.2) is 22.4 Å². The molecule has 5 nitrogen and oxygen atoms in total. The predicted octanol–water partition coefficient (Wildman–Crippen LogP) is 4.30. The molecule has 0 aliphatic rings. The van der Waals surface area contributed by atoms with Crippen molar-refractivity contribution in [1.82, 2.24) is 9.55 Å². The highest BCUT2D eigenvalue weighted by Gasteiger charge is 2.20. The first-order valence-corrected chi connectivity index (χ1v) is 9.72. The molecule has 0 saturated heterocycles. The number of rotatable bonds is 5. The van der Waals surface area contributed by atoms with Crippen LogP contribution in [0.4, 0.5) is 0 Å². The SMILES string of the molecule is COc1ccccc1C(=O)c1cn(Cc2ccccc2C)c2nc(C)ccc2c1=O. The monoisotopic (exact) mass is 398 g/mol. The fraction of sp³-hybridized carbons (Fsp3) is 0.160. The Morgan fingerprint density at radius 3 is 2.47 bits per heavy atom. The normalized spacial score (nSPS) is 10.9. The molecule has 2 aromatic carbocycles. The number of aryl methyl sites for hydroxylation is 2. The van der Waals surface area contributed by atoms with Crippen LogP contribution < -0.4 is 10.2 Å². The van der Waals surface area contributed by atoms with Gasteiger partial charge < -0.3 is 9.30 Å². The van der Waals surface area contributed by atoms with Gasteiger partial charge in [0.05, 0.1) is 23.6 Å². The van der Waals surface area contributed by atoms with Gasteiger partial charge in [-0.2, -0.15) is 0 Å². The van der Waals surface area contributed by atoms with E-state index >= 15 is 0 Å². The number of hydrogen-bond acceptors (Lipinski definition) is 4. The zero-order valence-corrected chi connectivity index (χ0v) is 17.2. The Morgan fingerprint density at radius 1 is 0.967 bits per heavy atom. The molecular weight excluding hydrogens is 376 g/mol. The van der Waals surface area contributed by atoms with Crippen molar-refractivity contribution < 1.29 is 9.53 Å². The standard InChI is InChI=1S/C25H22N2O3/c1-16-8-4-5-9-18(16)14-27-15-21(23(28)19-10-6-7-11-22(19)30-3)24(29)20-13-12-17(2)26-25(20)27/h4-13,15H,14H2,1-3H3. The molecule has 2 aromatic heterocycles. The number of nitrogens with zero attached hydrogens (tertiary/aromatic N) is 2. The number of benzene rings is 2. The van der Waals surface area contributed by atoms with Crippen LogP contribution >= 0.6 is 0 Å². The Hall–Kier alpha value is -3.73. The maximum Gasteiger partial charge on any atom is 0.202 e. The first-order valence-electron chi connectivity index (χ1n) is 9.72. The molecule has 0 atom stereocenters. The summed E-state index contributed by atoms with van der Waals surface area (Å²) in [5.74, 6) is 0.0768. The number of carbonyl (C=O) groups excluding carboxylic acids is 1. The van der Waals surface area contributed by atoms with Gasteiger partial charge in [0, 0.05) is 18.4 Å². The predicted molar refractivity (Wildman–Crippen MR) is 117 cm³/mol. The molecule has 0 bridgehead atoms. The van der Waals surface area contributed by atoms with E-state index in [1.807, 2.05) is 42.7 Å². The van der Waals surface area contributed by atoms with Gasteiger partial charge in [0.15, 0.2) is 0 Å². The maximum absolute atomic E-state index is 13.3. The Kier molecular flexibility index (Phi) is 5.19. The maximum atomic E-state index is 13.3. The van der Waals surface area contributed by atoms with Crippen molar-refractivity contribution in [2.45, 2.75) is 20.4 Å². The number of methoxy groups -OCH3 is 1. The van der Waals surface area contributed by atoms with Crippen LogP contribution in [0, 0.1) is 13.8 Å². The molecule has 0 N–H and O–H groups in total. The highest BCUT2D eigenvalue weighted by Crippen LogP contribution is 2.22. The van der Waals surface area contributed by atoms with Gasteiger partial charge >= 0.3 is 0 Å². The summed E-state index contributed by atoms with van der Waals surface area (Å²) in [4.78, 5) is 31.1. The van der Waals surface area contributed by atoms with Crippen molar-refractivity contribution in [3.8, 4) is 5.75 Å². The molecule has 0 saturated carbocycles. The summed E-state index contributed by atoms with van der Waals surface area (Å²) in [6, 6.07) is 18.5. The summed E-state index contributed by atoms with van der Waals surface area (Å²) in [7, 11) is 1.51. The van der Waals surface area contributed by atoms with E-state index < -0.39 is 0 Å². The second kappa shape index (κ2) is 7.95. The third-order valence-electron chi connectivity index (χ3n) is 5.26. The lowest BCUT2D eigenvalue weighted by atomic mass is 10.0. The molecule has 0 fully saturated rings. The summed E-state index contributed by atoms with van der Waals surface area (Å²) in [5, 5.41) is 0.426. The van der Waals surface area contributed by atoms with Crippen molar-refractivity contribution in [3.05, 3.63) is 105 Å². The van der Waals surface area contributed by atoms with Crippen LogP contribution in [0.5, 0.6) is 5.75 Å². The van der Waals surface area contributed by atoms with Crippen molar-refractivity contribution in [2.24, 2.45) is 0 Å². The number of aromatic nitrogens is 2. The summed E-state index contributed by atoms with van der Waals surface area (Å²) >= 11 is 0. The number of fused-ring (bicyclic) bond motifs is 1. The molecule has 4 rings (SSSR count). The molecule has 0 aliphatic carbocycles. The quantitative estimate of drug-likeness (QED) is 0.470. The minimum Gasteiger partial charge on any atom is -0.496 e. The number of ketones is 1. The van der Waals surface area contributed by atoms with Crippen LogP contribution in [-0.2, 0) is 6.54 Å². The van der Waals surface area contributed by atoms with Crippen molar-refractivity contribution in [3.63, 3.8) is 0 Å². The number of hydrogen-bond donors (Lipinski definition) is 0. The van der Waals surface area contributed by atoms with E-state index in [2.05, 4.69) is 4.98 Å². The fourth-order valence-electron chi connectivity index (χ4n) is 3.59. The van der Waals surface area contributed by atoms with E-state index in [0.717, 1.165) is 16.8 Å². The van der Waals surface area contributed by atoms with Gasteiger partial charge in [0.1, 0.15) is 11.4 Å². The topological polar surface area (TPSA) is 61.2 Å². The summed E-state index contributed by atoms with van der Waals surface area (Å²) < 4.78 is 7.21. The number of carbonyl (C=O) groups is 1. The van der Waals surface area contributed by atoms with Gasteiger partial charge in [-0.3, -0.25) is 9.59 Å². The minimum atomic E-state index is -0.363. The summed E-state index contributed by atoms with van der Waals surface area (Å²) in [5.41, 5.74) is 3.75. The average molecular weight is 398 g/mol. The Balaban J connectivity index is 1.94. The van der Waals surface area contributed by atoms with Crippen molar-refractivity contribution in [1.29, 1.82) is 0 Å². The molecular formula is C25H22N2O3. The second-order valence-corrected chi connectivity index (χ2v) is 7.28. The first kappa shape index (κ1) is 19.6. The minimum absolute atomic E-state index is 0.103. The van der Waals surface area contributed by atoms with Gasteiger partial charge in [0.25, 0.3) is 0 Å². The third kappa shape index (κ3) is 3.50. The zero-order valence-electron chi connectivity index (χ0n) is 17.2. The Bertz CT molecular complexity index is 1320. The molecule has 4 aromatic rings. The first-order chi connectivity index (χ1) is 14.5. The summed E-state index contributed by atoms with van der Waals surface area (Å²) in [6.07, 6.45) is 1.62. The Morgan fingerprint density at radius 2 is 1.70 bits per heavy atom. The summed E-state index contributed by atoms with van der Waals surface area (Å²) in [6.45, 7) is 4.43. The highest BCUT2D eigenvalue weighted by atomic mass is 16.5. The molecule has 0 unspecified atom stereocenters. The second-order valence-electron chi connectivity index (χ2n) is 7.28. The molecule has 0 spiro atoms. The van der Waals surface area contributed by atoms with E-state index in [1.54, 1.807) is 42.6 Å². The fourth-order valence-corrected chi connectivity index (χ4v) is 3.59. The molecule has 0 radical (unpaired) electrons. The van der Waals surface area contributed by atoms with Crippen molar-refractivity contribution in [2.75, 3.05) is 7.11 Å². The van der Waals surface area contributed by atoms with Gasteiger partial charge in [0.2, 0.25) is 11.2 Å². The smallest absolute Gasteiger partial charge is 0.202 e. The van der Waals surface area contributed by atoms with Gasteiger partial charge in [-0.15, -0.1) is 0 Å². The van der Waals surface area contributed by atoms with Crippen LogP contribution in [0.25, 0.3) is 11.0 Å². The number of pyridine rings is 2. The molecule has 150 valence electrons. The molecule has 0 amide bonds. The average Bonchev–Trinajstić information content (AvgIpc) is 2.76. The van der Waals surface area contributed by atoms with Crippen molar-refractivity contribution >= 4 is 16.8 Å². The molecule has 5 heteroatoms. The zero-order chi connectivity index (χ0) is 21.3. The van der Waals surface area contributed by atoms with E-state index in [-0.39, 0.29) is 16.8 Å². The van der Waals surface area contributed by atoms with E-state index in [4.69, 9.17) is 4.74 Å². The van der Waals surface area contributed by atoms with Crippen LogP contribution in [0.15, 0.2) is 71.7 Å².